The lowest BCUT2D eigenvalue weighted by molar-refractivity contribution is 0.0652. The minimum Gasteiger partial charge on any atom is -0.492 e. The first-order valence-electron chi connectivity index (χ1n) is 6.81. The maximum Gasteiger partial charge on any atom is 0.374 e. The fourth-order valence-corrected chi connectivity index (χ4v) is 3.40. The third kappa shape index (κ3) is 2.89. The van der Waals surface area contributed by atoms with Crippen LogP contribution in [0.4, 0.5) is 0 Å². The molecule has 0 spiro atoms. The maximum absolute atomic E-state index is 10.9. The number of hydrogen-bond donors (Lipinski definition) is 1. The summed E-state index contributed by atoms with van der Waals surface area (Å²) in [6, 6.07) is 6.82. The second-order valence-corrected chi connectivity index (χ2v) is 5.97. The molecule has 1 saturated heterocycles. The molecule has 0 bridgehead atoms. The van der Waals surface area contributed by atoms with E-state index in [1.165, 1.54) is 6.07 Å². The fraction of sp³-hybridized carbons (Fsp3) is 0.333. The first-order valence-corrected chi connectivity index (χ1v) is 7.96. The third-order valence-corrected chi connectivity index (χ3v) is 4.49. The van der Waals surface area contributed by atoms with E-state index in [0.717, 1.165) is 17.9 Å². The summed E-state index contributed by atoms with van der Waals surface area (Å²) >= 11 is 1.86. The quantitative estimate of drug-likeness (QED) is 0.906. The van der Waals surface area contributed by atoms with E-state index in [1.54, 1.807) is 13.2 Å². The molecule has 0 radical (unpaired) electrons. The zero-order valence-corrected chi connectivity index (χ0v) is 12.8. The Morgan fingerprint density at radius 1 is 1.50 bits per heavy atom. The lowest BCUT2D eigenvalue weighted by Gasteiger charge is -2.17. The van der Waals surface area contributed by atoms with Crippen LogP contribution in [0.5, 0.6) is 11.5 Å². The van der Waals surface area contributed by atoms with Gasteiger partial charge in [-0.3, -0.25) is 0 Å². The molecule has 22 heavy (non-hydrogen) atoms. The molecular weight excluding hydrogens is 306 g/mol. The summed E-state index contributed by atoms with van der Waals surface area (Å²) in [6.07, 6.45) is 1.17. The molecule has 6 nitrogen and oxygen atoms in total. The second kappa shape index (κ2) is 6.31. The van der Waals surface area contributed by atoms with Gasteiger partial charge in [-0.1, -0.05) is 11.2 Å². The van der Waals surface area contributed by atoms with E-state index < -0.39 is 5.97 Å². The van der Waals surface area contributed by atoms with Gasteiger partial charge in [0, 0.05) is 17.4 Å². The van der Waals surface area contributed by atoms with Crippen molar-refractivity contribution >= 4 is 17.7 Å². The molecule has 0 amide bonds. The van der Waals surface area contributed by atoms with E-state index in [2.05, 4.69) is 5.16 Å². The van der Waals surface area contributed by atoms with Crippen molar-refractivity contribution in [2.45, 2.75) is 12.5 Å². The number of thioether (sulfide) groups is 1. The summed E-state index contributed by atoms with van der Waals surface area (Å²) in [6.45, 7) is 0. The zero-order valence-electron chi connectivity index (χ0n) is 11.9. The number of aromatic carboxylic acids is 1. The van der Waals surface area contributed by atoms with Gasteiger partial charge in [0.15, 0.2) is 11.5 Å². The highest BCUT2D eigenvalue weighted by Gasteiger charge is 2.22. The maximum atomic E-state index is 10.9. The Morgan fingerprint density at radius 3 is 3.00 bits per heavy atom. The van der Waals surface area contributed by atoms with E-state index in [1.807, 2.05) is 23.9 Å². The molecule has 1 aromatic heterocycles. The topological polar surface area (TPSA) is 81.8 Å². The Labute approximate surface area is 131 Å². The lowest BCUT2D eigenvalue weighted by atomic mass is 10.1. The van der Waals surface area contributed by atoms with E-state index in [-0.39, 0.29) is 11.9 Å². The summed E-state index contributed by atoms with van der Waals surface area (Å²) in [4.78, 5) is 10.9. The van der Waals surface area contributed by atoms with Crippen molar-refractivity contribution < 1.29 is 23.9 Å². The smallest absolute Gasteiger partial charge is 0.374 e. The Bertz CT molecular complexity index is 678. The van der Waals surface area contributed by atoms with Crippen LogP contribution in [0.1, 0.15) is 17.0 Å². The van der Waals surface area contributed by atoms with E-state index in [0.29, 0.717) is 22.8 Å². The molecule has 1 aromatic carbocycles. The molecule has 1 aliphatic rings. The van der Waals surface area contributed by atoms with Crippen molar-refractivity contribution in [2.75, 3.05) is 18.6 Å². The van der Waals surface area contributed by atoms with Crippen molar-refractivity contribution in [3.63, 3.8) is 0 Å². The zero-order chi connectivity index (χ0) is 15.5. The van der Waals surface area contributed by atoms with Gasteiger partial charge in [0.05, 0.1) is 7.11 Å². The Hall–Kier alpha value is -2.15. The molecule has 3 rings (SSSR count). The average Bonchev–Trinajstić information content (AvgIpc) is 3.18. The fourth-order valence-electron chi connectivity index (χ4n) is 2.31. The standard InChI is InChI=1S/C15H15NO5S/c1-19-14-10(11-7-13(15(17)18)21-16-11)3-2-4-12(14)20-9-5-6-22-8-9/h2-4,7,9H,5-6,8H2,1H3,(H,17,18). The summed E-state index contributed by atoms with van der Waals surface area (Å²) in [5, 5.41) is 12.7. The number of methoxy groups -OCH3 is 1. The van der Waals surface area contributed by atoms with Crippen LogP contribution in [0.3, 0.4) is 0 Å². The second-order valence-electron chi connectivity index (χ2n) is 4.82. The van der Waals surface area contributed by atoms with Gasteiger partial charge < -0.3 is 19.1 Å². The van der Waals surface area contributed by atoms with Crippen LogP contribution in [0.15, 0.2) is 28.8 Å². The number of benzene rings is 1. The van der Waals surface area contributed by atoms with E-state index >= 15 is 0 Å². The van der Waals surface area contributed by atoms with Gasteiger partial charge in [0.25, 0.3) is 0 Å². The number of hydrogen-bond acceptors (Lipinski definition) is 6. The Balaban J connectivity index is 1.94. The molecule has 2 aromatic rings. The SMILES string of the molecule is COc1c(OC2CCSC2)cccc1-c1cc(C(=O)O)on1. The highest BCUT2D eigenvalue weighted by atomic mass is 32.2. The normalized spacial score (nSPS) is 17.4. The number of rotatable bonds is 5. The largest absolute Gasteiger partial charge is 0.492 e. The molecule has 1 unspecified atom stereocenters. The number of aromatic nitrogens is 1. The van der Waals surface area contributed by atoms with Gasteiger partial charge in [-0.25, -0.2) is 4.79 Å². The van der Waals surface area contributed by atoms with Crippen LogP contribution in [0, 0.1) is 0 Å². The number of nitrogens with zero attached hydrogens (tertiary/aromatic N) is 1. The molecule has 1 atom stereocenters. The minimum atomic E-state index is -1.16. The molecule has 2 heterocycles. The van der Waals surface area contributed by atoms with Crippen LogP contribution < -0.4 is 9.47 Å². The first kappa shape index (κ1) is 14.8. The molecule has 0 saturated carbocycles. The van der Waals surface area contributed by atoms with Crippen LogP contribution in [-0.2, 0) is 0 Å². The number of para-hydroxylation sites is 1. The number of carboxylic acid groups (broad SMARTS) is 1. The van der Waals surface area contributed by atoms with E-state index in [9.17, 15) is 4.79 Å². The predicted octanol–water partition coefficient (Wildman–Crippen LogP) is 2.93. The van der Waals surface area contributed by atoms with Crippen LogP contribution in [0.25, 0.3) is 11.3 Å². The van der Waals surface area contributed by atoms with Crippen LogP contribution in [-0.4, -0.2) is 41.0 Å². The highest BCUT2D eigenvalue weighted by Crippen LogP contribution is 2.39. The number of ether oxygens (including phenoxy) is 2. The molecule has 7 heteroatoms. The van der Waals surface area contributed by atoms with Gasteiger partial charge >= 0.3 is 5.97 Å². The summed E-state index contributed by atoms with van der Waals surface area (Å²) in [5.74, 6) is 1.85. The van der Waals surface area contributed by atoms with E-state index in [4.69, 9.17) is 19.1 Å². The summed E-state index contributed by atoms with van der Waals surface area (Å²) < 4.78 is 16.2. The van der Waals surface area contributed by atoms with Crippen molar-refractivity contribution in [3.8, 4) is 22.8 Å². The van der Waals surface area contributed by atoms with Crippen molar-refractivity contribution in [1.82, 2.24) is 5.16 Å². The van der Waals surface area contributed by atoms with Gasteiger partial charge in [-0.15, -0.1) is 0 Å². The number of carboxylic acids is 1. The molecule has 0 aliphatic carbocycles. The molecule has 116 valence electrons. The average molecular weight is 321 g/mol. The van der Waals surface area contributed by atoms with Crippen molar-refractivity contribution in [2.24, 2.45) is 0 Å². The van der Waals surface area contributed by atoms with Gasteiger partial charge in [-0.05, 0) is 24.3 Å². The third-order valence-electron chi connectivity index (χ3n) is 3.36. The Morgan fingerprint density at radius 2 is 2.36 bits per heavy atom. The molecule has 1 N–H and O–H groups in total. The van der Waals surface area contributed by atoms with Gasteiger partial charge in [-0.2, -0.15) is 11.8 Å². The molecule has 1 aliphatic heterocycles. The minimum absolute atomic E-state index is 0.168. The monoisotopic (exact) mass is 321 g/mol. The number of carbonyl (C=O) groups is 1. The molecule has 1 fully saturated rings. The first-order chi connectivity index (χ1) is 10.7. The van der Waals surface area contributed by atoms with Crippen molar-refractivity contribution in [3.05, 3.63) is 30.0 Å². The van der Waals surface area contributed by atoms with Crippen LogP contribution >= 0.6 is 11.8 Å². The Kier molecular flexibility index (Phi) is 4.24. The summed E-state index contributed by atoms with van der Waals surface area (Å²) in [7, 11) is 1.55. The molecular formula is C15H15NO5S. The summed E-state index contributed by atoms with van der Waals surface area (Å²) in [5.41, 5.74) is 1.04. The highest BCUT2D eigenvalue weighted by molar-refractivity contribution is 7.99. The predicted molar refractivity (Wildman–Crippen MR) is 81.8 cm³/mol. The van der Waals surface area contributed by atoms with Gasteiger partial charge in [0.1, 0.15) is 11.8 Å². The van der Waals surface area contributed by atoms with Crippen molar-refractivity contribution in [1.29, 1.82) is 0 Å². The van der Waals surface area contributed by atoms with Gasteiger partial charge in [0.2, 0.25) is 5.76 Å². The lowest BCUT2D eigenvalue weighted by Crippen LogP contribution is -2.15. The van der Waals surface area contributed by atoms with Crippen LogP contribution in [0.2, 0.25) is 0 Å².